The number of rotatable bonds is 35. The Hall–Kier alpha value is -2.63. The number of unbranched alkanes of at least 4 members (excludes halogenated alkanes) is 19. The van der Waals surface area contributed by atoms with Crippen LogP contribution in [0.2, 0.25) is 0 Å². The number of thiophene rings is 1. The summed E-state index contributed by atoms with van der Waals surface area (Å²) in [6, 6.07) is 0. The number of hydrogen-bond acceptors (Lipinski definition) is 10. The minimum absolute atomic E-state index is 0.0625. The molecule has 0 saturated heterocycles. The van der Waals surface area contributed by atoms with Crippen molar-refractivity contribution in [1.29, 1.82) is 0 Å². The third-order valence-corrected chi connectivity index (χ3v) is 12.0. The summed E-state index contributed by atoms with van der Waals surface area (Å²) in [4.78, 5) is 63.5. The van der Waals surface area contributed by atoms with Gasteiger partial charge < -0.3 is 33.6 Å². The third-order valence-electron chi connectivity index (χ3n) is 10.9. The molecule has 10 nitrogen and oxygen atoms in total. The van der Waals surface area contributed by atoms with Gasteiger partial charge in [-0.1, -0.05) is 117 Å². The van der Waals surface area contributed by atoms with Crippen LogP contribution in [0.15, 0.2) is 0 Å². The van der Waals surface area contributed by atoms with Crippen LogP contribution in [0.1, 0.15) is 220 Å². The highest BCUT2D eigenvalue weighted by Gasteiger charge is 2.28. The number of aryl methyl sites for hydroxylation is 1. The van der Waals surface area contributed by atoms with Gasteiger partial charge >= 0.3 is 11.9 Å². The summed E-state index contributed by atoms with van der Waals surface area (Å²) in [7, 11) is 5.78. The van der Waals surface area contributed by atoms with Gasteiger partial charge in [0, 0.05) is 62.2 Å². The molecule has 354 valence electrons. The van der Waals surface area contributed by atoms with Crippen molar-refractivity contribution < 1.29 is 38.2 Å². The first kappa shape index (κ1) is 58.4. The Balaban J connectivity index is 0.000000944. The van der Waals surface area contributed by atoms with Gasteiger partial charge in [0.1, 0.15) is 12.1 Å². The fourth-order valence-corrected chi connectivity index (χ4v) is 8.40. The maximum absolute atomic E-state index is 12.5. The van der Waals surface area contributed by atoms with Crippen LogP contribution >= 0.6 is 11.3 Å². The van der Waals surface area contributed by atoms with Crippen molar-refractivity contribution in [3.8, 4) is 0 Å². The summed E-state index contributed by atoms with van der Waals surface area (Å²) in [6.07, 6.45) is 31.2. The molecule has 0 spiro atoms. The zero-order valence-electron chi connectivity index (χ0n) is 40.2. The van der Waals surface area contributed by atoms with E-state index in [1.807, 2.05) is 25.9 Å². The van der Waals surface area contributed by atoms with E-state index in [9.17, 15) is 24.0 Å². The summed E-state index contributed by atoms with van der Waals surface area (Å²) in [5.74, 6) is 0.0828. The molecule has 61 heavy (non-hydrogen) atoms. The summed E-state index contributed by atoms with van der Waals surface area (Å²) < 4.78 is 15.7. The van der Waals surface area contributed by atoms with E-state index in [2.05, 4.69) is 18.7 Å². The van der Waals surface area contributed by atoms with E-state index in [1.165, 1.54) is 96.3 Å². The van der Waals surface area contributed by atoms with Crippen LogP contribution in [-0.4, -0.2) is 93.8 Å². The first-order chi connectivity index (χ1) is 29.5. The molecule has 0 fully saturated rings. The molecule has 0 aliphatic carbocycles. The van der Waals surface area contributed by atoms with Crippen LogP contribution in [0, 0.1) is 6.92 Å². The molecule has 1 aliphatic rings. The van der Waals surface area contributed by atoms with Gasteiger partial charge in [0.15, 0.2) is 0 Å². The van der Waals surface area contributed by atoms with Crippen molar-refractivity contribution in [1.82, 2.24) is 9.80 Å². The van der Waals surface area contributed by atoms with E-state index in [0.717, 1.165) is 86.1 Å². The maximum Gasteiger partial charge on any atom is 0.339 e. The Kier molecular flexibility index (Phi) is 39.6. The van der Waals surface area contributed by atoms with E-state index in [1.54, 1.807) is 25.4 Å². The lowest BCUT2D eigenvalue weighted by molar-refractivity contribution is -0.144. The van der Waals surface area contributed by atoms with E-state index in [0.29, 0.717) is 64.0 Å². The number of carbonyl (C=O) groups is 5. The fraction of sp³-hybridized carbons (Fsp3) is 0.820. The Labute approximate surface area is 377 Å². The number of Topliss-reactive ketones (excluding diaryl/α,β-unsaturated/α-hetero) is 1. The summed E-state index contributed by atoms with van der Waals surface area (Å²) in [5, 5.41) is 0. The van der Waals surface area contributed by atoms with Crippen molar-refractivity contribution >= 4 is 41.3 Å². The number of nitrogens with zero attached hydrogens (tertiary/aromatic N) is 2. The number of hydrogen-bond donors (Lipinski definition) is 0. The lowest BCUT2D eigenvalue weighted by Crippen LogP contribution is -2.35. The normalized spacial score (nSPS) is 11.9. The molecule has 2 rings (SSSR count). The number of fused-ring (bicyclic) bond motifs is 1. The molecule has 11 heteroatoms. The second-order valence-electron chi connectivity index (χ2n) is 17.0. The molecule has 1 amide bonds. The predicted molar refractivity (Wildman–Crippen MR) is 253 cm³/mol. The topological polar surface area (TPSA) is 120 Å². The Bertz CT molecular complexity index is 1260. The maximum atomic E-state index is 12.5. The second kappa shape index (κ2) is 41.4. The number of methoxy groups -OCH3 is 1. The minimum Gasteiger partial charge on any atom is -0.466 e. The van der Waals surface area contributed by atoms with E-state index in [-0.39, 0.29) is 23.6 Å². The molecule has 0 atom stereocenters. The number of ether oxygens (including phenoxy) is 3. The first-order valence-electron chi connectivity index (χ1n) is 24.3. The minimum atomic E-state index is -0.239. The van der Waals surface area contributed by atoms with Crippen LogP contribution in [0.5, 0.6) is 0 Å². The number of aldehydes is 1. The highest BCUT2D eigenvalue weighted by atomic mass is 32.1. The lowest BCUT2D eigenvalue weighted by atomic mass is 10.0. The van der Waals surface area contributed by atoms with Gasteiger partial charge in [-0.3, -0.25) is 9.59 Å². The quantitative estimate of drug-likeness (QED) is 0.0373. The van der Waals surface area contributed by atoms with Crippen LogP contribution in [0.25, 0.3) is 0 Å². The van der Waals surface area contributed by atoms with Crippen LogP contribution in [0.4, 0.5) is 0 Å². The number of ketones is 1. The van der Waals surface area contributed by atoms with Crippen molar-refractivity contribution in [3.63, 3.8) is 0 Å². The van der Waals surface area contributed by atoms with Gasteiger partial charge in [0.05, 0.1) is 25.3 Å². The number of carbonyl (C=O) groups excluding carboxylic acids is 5. The highest BCUT2D eigenvalue weighted by molar-refractivity contribution is 7.12. The summed E-state index contributed by atoms with van der Waals surface area (Å²) in [6.45, 7) is 12.1. The van der Waals surface area contributed by atoms with E-state index < -0.39 is 0 Å². The Morgan fingerprint density at radius 1 is 0.672 bits per heavy atom. The molecule has 2 heterocycles. The monoisotopic (exact) mass is 879 g/mol. The summed E-state index contributed by atoms with van der Waals surface area (Å²) >= 11 is 1.59. The largest absolute Gasteiger partial charge is 0.466 e. The van der Waals surface area contributed by atoms with Gasteiger partial charge in [-0.25, -0.2) is 4.79 Å². The molecule has 1 aromatic heterocycles. The highest BCUT2D eigenvalue weighted by Crippen LogP contribution is 2.33. The summed E-state index contributed by atoms with van der Waals surface area (Å²) in [5.41, 5.74) is 1.76. The average Bonchev–Trinajstić information content (AvgIpc) is 3.57. The molecule has 1 aromatic rings. The molecule has 1 aliphatic heterocycles. The van der Waals surface area contributed by atoms with Crippen LogP contribution in [-0.2, 0) is 46.4 Å². The van der Waals surface area contributed by atoms with Gasteiger partial charge in [0.2, 0.25) is 5.91 Å². The predicted octanol–water partition coefficient (Wildman–Crippen LogP) is 12.2. The zero-order chi connectivity index (χ0) is 45.4. The molecule has 0 N–H and O–H groups in total. The molecule has 0 radical (unpaired) electrons. The van der Waals surface area contributed by atoms with Crippen LogP contribution in [0.3, 0.4) is 0 Å². The zero-order valence-corrected chi connectivity index (χ0v) is 41.0. The van der Waals surface area contributed by atoms with E-state index in [4.69, 9.17) is 14.2 Å². The Morgan fingerprint density at radius 3 is 1.75 bits per heavy atom. The Morgan fingerprint density at radius 2 is 1.20 bits per heavy atom. The van der Waals surface area contributed by atoms with Gasteiger partial charge in [0.25, 0.3) is 0 Å². The lowest BCUT2D eigenvalue weighted by Gasteiger charge is -2.27. The van der Waals surface area contributed by atoms with Gasteiger partial charge in [-0.2, -0.15) is 0 Å². The molecule has 0 unspecified atom stereocenters. The van der Waals surface area contributed by atoms with E-state index >= 15 is 0 Å². The number of esters is 2. The molecular weight excluding hydrogens is 789 g/mol. The van der Waals surface area contributed by atoms with Gasteiger partial charge in [-0.15, -0.1) is 11.3 Å². The fourth-order valence-electron chi connectivity index (χ4n) is 7.17. The molecule has 0 bridgehead atoms. The SMILES string of the molecule is CCCCCCCCCCCOC.CCCCCCCCCOC(=O)CCCCCCC(C)=O.Cc1sc2c(c1C(=O)OCCCN(C)C)CCN(C(=O)CCCCC=O)C2. The standard InChI is InChI=1S/C20H30N2O4S.C18H34O3.C12H26O/c1-15-19(20(25)26-13-7-10-21(2)3)16-9-11-22(14-17(16)27-15)18(24)8-5-4-6-12-23;1-3-4-5-6-7-10-13-16-21-18(20)15-12-9-8-11-14-17(2)19;1-3-4-5-6-7-8-9-10-11-12-13-2/h12H,4-11,13-14H2,1-3H3;3-16H2,1-2H3;3-12H2,1-2H3. The van der Waals surface area contributed by atoms with Crippen molar-refractivity contribution in [2.24, 2.45) is 0 Å². The molecule has 0 aromatic carbocycles. The van der Waals surface area contributed by atoms with Crippen LogP contribution < -0.4 is 0 Å². The average molecular weight is 879 g/mol. The molecule has 0 saturated carbocycles. The van der Waals surface area contributed by atoms with Gasteiger partial charge in [-0.05, 0) is 84.9 Å². The van der Waals surface area contributed by atoms with Crippen molar-refractivity contribution in [2.75, 3.05) is 54.1 Å². The van der Waals surface area contributed by atoms with Crippen molar-refractivity contribution in [2.45, 2.75) is 214 Å². The molecular formula is C50H90N2O8S. The third kappa shape index (κ3) is 33.6. The smallest absolute Gasteiger partial charge is 0.339 e. The second-order valence-corrected chi connectivity index (χ2v) is 18.3. The number of amides is 1. The first-order valence-corrected chi connectivity index (χ1v) is 25.1. The van der Waals surface area contributed by atoms with Crippen molar-refractivity contribution in [3.05, 3.63) is 20.9 Å².